The second kappa shape index (κ2) is 11.6. The first-order chi connectivity index (χ1) is 14.0. The topological polar surface area (TPSA) is 106 Å². The Kier molecular flexibility index (Phi) is 8.78. The van der Waals surface area contributed by atoms with Crippen LogP contribution in [0.25, 0.3) is 0 Å². The van der Waals surface area contributed by atoms with Gasteiger partial charge in [-0.25, -0.2) is 4.79 Å². The number of halogens is 1. The number of benzene rings is 2. The van der Waals surface area contributed by atoms with Crippen LogP contribution in [0.2, 0.25) is 5.02 Å². The van der Waals surface area contributed by atoms with Crippen LogP contribution in [-0.4, -0.2) is 31.6 Å². The Morgan fingerprint density at radius 3 is 2.52 bits per heavy atom. The number of amides is 3. The number of carbonyl (C=O) groups is 3. The van der Waals surface area contributed by atoms with E-state index in [-0.39, 0.29) is 25.1 Å². The van der Waals surface area contributed by atoms with Gasteiger partial charge in [0.2, 0.25) is 5.91 Å². The van der Waals surface area contributed by atoms with Crippen molar-refractivity contribution in [1.29, 1.82) is 0 Å². The molecule has 0 heterocycles. The molecule has 3 N–H and O–H groups in total. The van der Waals surface area contributed by atoms with E-state index in [4.69, 9.17) is 21.1 Å². The lowest BCUT2D eigenvalue weighted by Gasteiger charge is -2.11. The summed E-state index contributed by atoms with van der Waals surface area (Å²) in [5, 5.41) is 2.99. The minimum absolute atomic E-state index is 0.108. The Labute approximate surface area is 173 Å². The third-order valence-corrected chi connectivity index (χ3v) is 4.02. The molecule has 0 aliphatic rings. The van der Waals surface area contributed by atoms with Crippen molar-refractivity contribution < 1.29 is 23.9 Å². The molecule has 0 aliphatic heterocycles. The van der Waals surface area contributed by atoms with Crippen molar-refractivity contribution in [2.75, 3.05) is 13.7 Å². The van der Waals surface area contributed by atoms with E-state index in [2.05, 4.69) is 16.2 Å². The van der Waals surface area contributed by atoms with E-state index in [1.54, 1.807) is 6.07 Å². The Bertz CT molecular complexity index is 845. The number of hydrogen-bond acceptors (Lipinski definition) is 5. The van der Waals surface area contributed by atoms with Crippen molar-refractivity contribution in [1.82, 2.24) is 16.2 Å². The first-order valence-electron chi connectivity index (χ1n) is 8.87. The second-order valence-corrected chi connectivity index (χ2v) is 6.38. The minimum atomic E-state index is -0.558. The maximum atomic E-state index is 12.1. The van der Waals surface area contributed by atoms with E-state index < -0.39 is 17.9 Å². The molecule has 2 rings (SSSR count). The molecule has 0 fully saturated rings. The number of carbonyl (C=O) groups excluding carboxylic acids is 3. The summed E-state index contributed by atoms with van der Waals surface area (Å²) >= 11 is 5.85. The van der Waals surface area contributed by atoms with Gasteiger partial charge in [-0.2, -0.15) is 0 Å². The van der Waals surface area contributed by atoms with Gasteiger partial charge < -0.3 is 14.8 Å². The summed E-state index contributed by atoms with van der Waals surface area (Å²) in [6.07, 6.45) is -0.0685. The number of ether oxygens (including phenoxy) is 2. The number of nitrogens with one attached hydrogen (secondary N) is 3. The van der Waals surface area contributed by atoms with Crippen molar-refractivity contribution in [3.63, 3.8) is 0 Å². The molecule has 0 aromatic heterocycles. The van der Waals surface area contributed by atoms with Crippen molar-refractivity contribution in [2.24, 2.45) is 0 Å². The highest BCUT2D eigenvalue weighted by molar-refractivity contribution is 6.30. The number of rotatable bonds is 8. The molecule has 2 aromatic carbocycles. The molecular formula is C20H22ClN3O5. The van der Waals surface area contributed by atoms with E-state index in [9.17, 15) is 14.4 Å². The van der Waals surface area contributed by atoms with Crippen molar-refractivity contribution >= 4 is 29.5 Å². The van der Waals surface area contributed by atoms with Gasteiger partial charge in [-0.3, -0.25) is 20.4 Å². The SMILES string of the molecule is COc1cc(Cl)ccc1C(=O)NNC(=O)CCCNC(=O)OCc1ccccc1. The van der Waals surface area contributed by atoms with Crippen molar-refractivity contribution in [2.45, 2.75) is 19.4 Å². The smallest absolute Gasteiger partial charge is 0.407 e. The summed E-state index contributed by atoms with van der Waals surface area (Å²) < 4.78 is 10.2. The lowest BCUT2D eigenvalue weighted by atomic mass is 10.2. The van der Waals surface area contributed by atoms with Gasteiger partial charge in [-0.15, -0.1) is 0 Å². The lowest BCUT2D eigenvalue weighted by molar-refractivity contribution is -0.121. The van der Waals surface area contributed by atoms with E-state index in [1.165, 1.54) is 19.2 Å². The third-order valence-electron chi connectivity index (χ3n) is 3.79. The molecule has 0 saturated carbocycles. The first kappa shape index (κ1) is 22.0. The molecule has 9 heteroatoms. The number of hydrogen-bond donors (Lipinski definition) is 3. The van der Waals surface area contributed by atoms with Crippen LogP contribution in [0.4, 0.5) is 4.79 Å². The Balaban J connectivity index is 1.62. The fourth-order valence-electron chi connectivity index (χ4n) is 2.32. The molecule has 0 unspecified atom stereocenters. The third kappa shape index (κ3) is 7.71. The van der Waals surface area contributed by atoms with E-state index in [0.717, 1.165) is 5.56 Å². The second-order valence-electron chi connectivity index (χ2n) is 5.94. The molecule has 154 valence electrons. The maximum absolute atomic E-state index is 12.1. The predicted octanol–water partition coefficient (Wildman–Crippen LogP) is 2.82. The molecule has 29 heavy (non-hydrogen) atoms. The van der Waals surface area contributed by atoms with Crippen LogP contribution < -0.4 is 20.9 Å². The summed E-state index contributed by atoms with van der Waals surface area (Å²) in [5.74, 6) is -0.636. The molecule has 0 atom stereocenters. The zero-order valence-electron chi connectivity index (χ0n) is 15.9. The average Bonchev–Trinajstić information content (AvgIpc) is 2.74. The largest absolute Gasteiger partial charge is 0.496 e. The number of methoxy groups -OCH3 is 1. The highest BCUT2D eigenvalue weighted by Crippen LogP contribution is 2.22. The molecular weight excluding hydrogens is 398 g/mol. The zero-order chi connectivity index (χ0) is 21.1. The summed E-state index contributed by atoms with van der Waals surface area (Å²) in [4.78, 5) is 35.6. The van der Waals surface area contributed by atoms with Crippen molar-refractivity contribution in [3.8, 4) is 5.75 Å². The Morgan fingerprint density at radius 2 is 1.79 bits per heavy atom. The van der Waals surface area contributed by atoms with Crippen LogP contribution in [0, 0.1) is 0 Å². The lowest BCUT2D eigenvalue weighted by Crippen LogP contribution is -2.42. The fourth-order valence-corrected chi connectivity index (χ4v) is 2.48. The van der Waals surface area contributed by atoms with Gasteiger partial charge in [0.15, 0.2) is 0 Å². The van der Waals surface area contributed by atoms with Gasteiger partial charge in [0.05, 0.1) is 12.7 Å². The van der Waals surface area contributed by atoms with Gasteiger partial charge in [0, 0.05) is 18.0 Å². The molecule has 0 saturated heterocycles. The molecule has 3 amide bonds. The summed E-state index contributed by atoms with van der Waals surface area (Å²) in [5.41, 5.74) is 5.74. The summed E-state index contributed by atoms with van der Waals surface area (Å²) in [7, 11) is 1.42. The van der Waals surface area contributed by atoms with Gasteiger partial charge in [0.1, 0.15) is 12.4 Å². The van der Waals surface area contributed by atoms with E-state index >= 15 is 0 Å². The molecule has 8 nitrogen and oxygen atoms in total. The van der Waals surface area contributed by atoms with Crippen molar-refractivity contribution in [3.05, 3.63) is 64.7 Å². The van der Waals surface area contributed by atoms with Crippen LogP contribution in [-0.2, 0) is 16.1 Å². The standard InChI is InChI=1S/C20H22ClN3O5/c1-28-17-12-15(21)9-10-16(17)19(26)24-23-18(25)8-5-11-22-20(27)29-13-14-6-3-2-4-7-14/h2-4,6-7,9-10,12H,5,8,11,13H2,1H3,(H,22,27)(H,23,25)(H,24,26). The fraction of sp³-hybridized carbons (Fsp3) is 0.250. The maximum Gasteiger partial charge on any atom is 0.407 e. The summed E-state index contributed by atoms with van der Waals surface area (Å²) in [6, 6.07) is 13.8. The predicted molar refractivity (Wildman–Crippen MR) is 107 cm³/mol. The average molecular weight is 420 g/mol. The highest BCUT2D eigenvalue weighted by atomic mass is 35.5. The quantitative estimate of drug-likeness (QED) is 0.450. The van der Waals surface area contributed by atoms with Crippen LogP contribution in [0.1, 0.15) is 28.8 Å². The number of alkyl carbamates (subject to hydrolysis) is 1. The van der Waals surface area contributed by atoms with Crippen LogP contribution in [0.3, 0.4) is 0 Å². The van der Waals surface area contributed by atoms with E-state index in [1.807, 2.05) is 30.3 Å². The number of hydrazine groups is 1. The normalized spacial score (nSPS) is 10.0. The highest BCUT2D eigenvalue weighted by Gasteiger charge is 2.13. The van der Waals surface area contributed by atoms with Crippen LogP contribution >= 0.6 is 11.6 Å². The Hall–Kier alpha value is -3.26. The molecule has 0 aliphatic carbocycles. The monoisotopic (exact) mass is 419 g/mol. The van der Waals surface area contributed by atoms with E-state index in [0.29, 0.717) is 17.2 Å². The van der Waals surface area contributed by atoms with Gasteiger partial charge >= 0.3 is 6.09 Å². The Morgan fingerprint density at radius 1 is 1.03 bits per heavy atom. The minimum Gasteiger partial charge on any atom is -0.496 e. The van der Waals surface area contributed by atoms with Crippen LogP contribution in [0.5, 0.6) is 5.75 Å². The van der Waals surface area contributed by atoms with Gasteiger partial charge in [-0.1, -0.05) is 41.9 Å². The summed E-state index contributed by atoms with van der Waals surface area (Å²) in [6.45, 7) is 0.438. The molecule has 0 bridgehead atoms. The molecule has 2 aromatic rings. The molecule has 0 spiro atoms. The van der Waals surface area contributed by atoms with Crippen LogP contribution in [0.15, 0.2) is 48.5 Å². The molecule has 0 radical (unpaired) electrons. The van der Waals surface area contributed by atoms with Gasteiger partial charge in [0.25, 0.3) is 5.91 Å². The zero-order valence-corrected chi connectivity index (χ0v) is 16.6. The van der Waals surface area contributed by atoms with Gasteiger partial charge in [-0.05, 0) is 30.2 Å². The first-order valence-corrected chi connectivity index (χ1v) is 9.24.